The second kappa shape index (κ2) is 6.30. The molecule has 20 heavy (non-hydrogen) atoms. The summed E-state index contributed by atoms with van der Waals surface area (Å²) in [5.74, 6) is -0.138. The van der Waals surface area contributed by atoms with Gasteiger partial charge < -0.3 is 15.2 Å². The summed E-state index contributed by atoms with van der Waals surface area (Å²) >= 11 is 5.87. The summed E-state index contributed by atoms with van der Waals surface area (Å²) in [6.45, 7) is 0.122. The summed E-state index contributed by atoms with van der Waals surface area (Å²) < 4.78 is 10.4. The molecule has 0 aliphatic rings. The molecule has 0 aliphatic carbocycles. The Hall–Kier alpha value is -2.20. The predicted octanol–water partition coefficient (Wildman–Crippen LogP) is 3.29. The summed E-state index contributed by atoms with van der Waals surface area (Å²) in [5.41, 5.74) is 7.15. The predicted molar refractivity (Wildman–Crippen MR) is 78.0 cm³/mol. The quantitative estimate of drug-likeness (QED) is 0.693. The zero-order valence-corrected chi connectivity index (χ0v) is 11.7. The van der Waals surface area contributed by atoms with Crippen LogP contribution in [0.5, 0.6) is 5.75 Å². The Kier molecular flexibility index (Phi) is 4.48. The molecule has 0 radical (unpaired) electrons. The van der Waals surface area contributed by atoms with Crippen molar-refractivity contribution in [3.05, 3.63) is 58.6 Å². The second-order valence-corrected chi connectivity index (χ2v) is 4.57. The van der Waals surface area contributed by atoms with Crippen molar-refractivity contribution >= 4 is 23.3 Å². The van der Waals surface area contributed by atoms with Crippen molar-refractivity contribution in [2.75, 3.05) is 12.8 Å². The molecule has 0 spiro atoms. The van der Waals surface area contributed by atoms with Gasteiger partial charge in [-0.15, -0.1) is 0 Å². The zero-order valence-electron chi connectivity index (χ0n) is 10.9. The molecule has 2 aromatic carbocycles. The monoisotopic (exact) mass is 291 g/mol. The van der Waals surface area contributed by atoms with E-state index in [9.17, 15) is 4.79 Å². The summed E-state index contributed by atoms with van der Waals surface area (Å²) in [6, 6.07) is 12.1. The van der Waals surface area contributed by atoms with Crippen LogP contribution in [-0.4, -0.2) is 13.1 Å². The van der Waals surface area contributed by atoms with Crippen LogP contribution in [0, 0.1) is 0 Å². The van der Waals surface area contributed by atoms with E-state index in [-0.39, 0.29) is 12.2 Å². The molecule has 104 valence electrons. The topological polar surface area (TPSA) is 61.5 Å². The highest BCUT2D eigenvalue weighted by molar-refractivity contribution is 6.30. The van der Waals surface area contributed by atoms with Crippen molar-refractivity contribution in [3.8, 4) is 5.75 Å². The molecule has 0 aromatic heterocycles. The molecule has 5 heteroatoms. The molecule has 0 aliphatic heterocycles. The number of nitrogens with two attached hydrogens (primary N) is 1. The molecule has 0 heterocycles. The van der Waals surface area contributed by atoms with E-state index in [4.69, 9.17) is 26.8 Å². The largest absolute Gasteiger partial charge is 0.496 e. The average Bonchev–Trinajstić information content (AvgIpc) is 2.44. The lowest BCUT2D eigenvalue weighted by molar-refractivity contribution is 0.0470. The van der Waals surface area contributed by atoms with Gasteiger partial charge in [0.1, 0.15) is 17.9 Å². The van der Waals surface area contributed by atoms with Crippen molar-refractivity contribution in [3.63, 3.8) is 0 Å². The van der Waals surface area contributed by atoms with Gasteiger partial charge in [0.15, 0.2) is 0 Å². The fraction of sp³-hybridized carbons (Fsp3) is 0.133. The lowest BCUT2D eigenvalue weighted by atomic mass is 10.1. The summed E-state index contributed by atoms with van der Waals surface area (Å²) in [5, 5.41) is 0.593. The number of hydrogen-bond acceptors (Lipinski definition) is 4. The van der Waals surface area contributed by atoms with Crippen molar-refractivity contribution < 1.29 is 14.3 Å². The maximum absolute atomic E-state index is 12.1. The van der Waals surface area contributed by atoms with Crippen LogP contribution in [0.2, 0.25) is 5.02 Å². The van der Waals surface area contributed by atoms with Crippen molar-refractivity contribution in [2.24, 2.45) is 0 Å². The number of benzene rings is 2. The number of rotatable bonds is 4. The van der Waals surface area contributed by atoms with Crippen molar-refractivity contribution in [2.45, 2.75) is 6.61 Å². The lowest BCUT2D eigenvalue weighted by Crippen LogP contribution is -2.10. The molecule has 0 atom stereocenters. The van der Waals surface area contributed by atoms with Gasteiger partial charge in [0.2, 0.25) is 0 Å². The second-order valence-electron chi connectivity index (χ2n) is 4.13. The van der Waals surface area contributed by atoms with Crippen LogP contribution in [0.4, 0.5) is 5.69 Å². The standard InChI is InChI=1S/C15H14ClNO3/c1-19-13-7-3-6-12(17)14(13)15(18)20-9-10-4-2-5-11(16)8-10/h2-8H,9,17H2,1H3. The molecule has 0 fully saturated rings. The van der Waals surface area contributed by atoms with Crippen LogP contribution in [-0.2, 0) is 11.3 Å². The first kappa shape index (κ1) is 14.2. The first-order chi connectivity index (χ1) is 9.61. The highest BCUT2D eigenvalue weighted by Gasteiger charge is 2.17. The SMILES string of the molecule is COc1cccc(N)c1C(=O)OCc1cccc(Cl)c1. The van der Waals surface area contributed by atoms with Gasteiger partial charge in [-0.1, -0.05) is 29.8 Å². The van der Waals surface area contributed by atoms with Gasteiger partial charge in [-0.2, -0.15) is 0 Å². The number of nitrogen functional groups attached to an aromatic ring is 1. The molecule has 2 rings (SSSR count). The fourth-order valence-corrected chi connectivity index (χ4v) is 2.00. The lowest BCUT2D eigenvalue weighted by Gasteiger charge is -2.11. The van der Waals surface area contributed by atoms with Gasteiger partial charge in [0, 0.05) is 10.7 Å². The number of carbonyl (C=O) groups is 1. The van der Waals surface area contributed by atoms with Crippen LogP contribution >= 0.6 is 11.6 Å². The van der Waals surface area contributed by atoms with Crippen LogP contribution in [0.25, 0.3) is 0 Å². The van der Waals surface area contributed by atoms with E-state index in [0.29, 0.717) is 16.5 Å². The molecular formula is C15H14ClNO3. The molecule has 4 nitrogen and oxygen atoms in total. The Bertz CT molecular complexity index is 628. The summed E-state index contributed by atoms with van der Waals surface area (Å²) in [6.07, 6.45) is 0. The van der Waals surface area contributed by atoms with Gasteiger partial charge >= 0.3 is 5.97 Å². The Morgan fingerprint density at radius 1 is 1.25 bits per heavy atom. The Labute approximate surface area is 122 Å². The number of hydrogen-bond donors (Lipinski definition) is 1. The number of carbonyl (C=O) groups excluding carboxylic acids is 1. The first-order valence-corrected chi connectivity index (χ1v) is 6.33. The normalized spacial score (nSPS) is 10.1. The van der Waals surface area contributed by atoms with Gasteiger partial charge in [0.25, 0.3) is 0 Å². The Morgan fingerprint density at radius 2 is 2.00 bits per heavy atom. The van der Waals surface area contributed by atoms with Crippen molar-refractivity contribution in [1.29, 1.82) is 0 Å². The third kappa shape index (κ3) is 3.22. The van der Waals surface area contributed by atoms with Gasteiger partial charge in [-0.3, -0.25) is 0 Å². The average molecular weight is 292 g/mol. The van der Waals surface area contributed by atoms with Crippen LogP contribution in [0.3, 0.4) is 0 Å². The first-order valence-electron chi connectivity index (χ1n) is 5.96. The Balaban J connectivity index is 2.13. The number of anilines is 1. The van der Waals surface area contributed by atoms with E-state index in [0.717, 1.165) is 5.56 Å². The number of halogens is 1. The fourth-order valence-electron chi connectivity index (χ4n) is 1.78. The smallest absolute Gasteiger partial charge is 0.344 e. The molecule has 2 aromatic rings. The Morgan fingerprint density at radius 3 is 2.70 bits per heavy atom. The maximum Gasteiger partial charge on any atom is 0.344 e. The molecule has 0 bridgehead atoms. The highest BCUT2D eigenvalue weighted by atomic mass is 35.5. The molecular weight excluding hydrogens is 278 g/mol. The summed E-state index contributed by atoms with van der Waals surface area (Å²) in [7, 11) is 1.47. The summed E-state index contributed by atoms with van der Waals surface area (Å²) in [4.78, 5) is 12.1. The maximum atomic E-state index is 12.1. The third-order valence-electron chi connectivity index (χ3n) is 2.74. The zero-order chi connectivity index (χ0) is 14.5. The molecule has 0 unspecified atom stereocenters. The highest BCUT2D eigenvalue weighted by Crippen LogP contribution is 2.25. The van der Waals surface area contributed by atoms with E-state index in [1.807, 2.05) is 6.07 Å². The van der Waals surface area contributed by atoms with E-state index in [1.54, 1.807) is 36.4 Å². The molecule has 0 saturated carbocycles. The third-order valence-corrected chi connectivity index (χ3v) is 2.98. The van der Waals surface area contributed by atoms with E-state index in [2.05, 4.69) is 0 Å². The van der Waals surface area contributed by atoms with Crippen molar-refractivity contribution in [1.82, 2.24) is 0 Å². The number of ether oxygens (including phenoxy) is 2. The van der Waals surface area contributed by atoms with Crippen LogP contribution in [0.1, 0.15) is 15.9 Å². The van der Waals surface area contributed by atoms with E-state index >= 15 is 0 Å². The minimum atomic E-state index is -0.528. The van der Waals surface area contributed by atoms with Crippen LogP contribution < -0.4 is 10.5 Å². The van der Waals surface area contributed by atoms with Crippen LogP contribution in [0.15, 0.2) is 42.5 Å². The van der Waals surface area contributed by atoms with Gasteiger partial charge in [-0.05, 0) is 29.8 Å². The molecule has 0 saturated heterocycles. The van der Waals surface area contributed by atoms with Gasteiger partial charge in [-0.25, -0.2) is 4.79 Å². The van der Waals surface area contributed by atoms with E-state index in [1.165, 1.54) is 7.11 Å². The minimum absolute atomic E-state index is 0.122. The number of esters is 1. The molecule has 2 N–H and O–H groups in total. The minimum Gasteiger partial charge on any atom is -0.496 e. The van der Waals surface area contributed by atoms with Gasteiger partial charge in [0.05, 0.1) is 7.11 Å². The molecule has 0 amide bonds. The number of methoxy groups -OCH3 is 1. The van der Waals surface area contributed by atoms with E-state index < -0.39 is 5.97 Å².